The first kappa shape index (κ1) is 13.8. The Hall–Kier alpha value is 0.350. The first-order chi connectivity index (χ1) is 8.07. The molecule has 0 N–H and O–H groups in total. The molecule has 0 aromatic carbocycles. The molecule has 0 amide bonds. The summed E-state index contributed by atoms with van der Waals surface area (Å²) in [6, 6.07) is 0. The number of rotatable bonds is 6. The van der Waals surface area contributed by atoms with Crippen LogP contribution >= 0.6 is 12.6 Å². The first-order valence-corrected chi connectivity index (χ1v) is 8.31. The van der Waals surface area contributed by atoms with E-state index in [4.69, 9.17) is 0 Å². The number of hydrogen-bond donors (Lipinski definition) is 1. The van der Waals surface area contributed by atoms with Gasteiger partial charge in [-0.3, -0.25) is 0 Å². The highest BCUT2D eigenvalue weighted by Crippen LogP contribution is 2.55. The normalized spacial score (nSPS) is 36.7. The lowest BCUT2D eigenvalue weighted by atomic mass is 9.72. The van der Waals surface area contributed by atoms with E-state index < -0.39 is 0 Å². The molecule has 0 aliphatic heterocycles. The highest BCUT2D eigenvalue weighted by atomic mass is 32.1. The smallest absolute Gasteiger partial charge is 0.00928 e. The first-order valence-electron chi connectivity index (χ1n) is 7.68. The second kappa shape index (κ2) is 5.55. The van der Waals surface area contributed by atoms with Crippen molar-refractivity contribution in [2.75, 3.05) is 5.75 Å². The van der Waals surface area contributed by atoms with Crippen molar-refractivity contribution in [1.82, 2.24) is 0 Å². The predicted octanol–water partition coefficient (Wildman–Crippen LogP) is 5.19. The average molecular weight is 254 g/mol. The second-order valence-corrected chi connectivity index (χ2v) is 7.69. The molecule has 0 aromatic rings. The largest absolute Gasteiger partial charge is 0.179 e. The highest BCUT2D eigenvalue weighted by Gasteiger charge is 2.46. The van der Waals surface area contributed by atoms with Gasteiger partial charge in [-0.2, -0.15) is 12.6 Å². The predicted molar refractivity (Wildman–Crippen MR) is 79.6 cm³/mol. The van der Waals surface area contributed by atoms with E-state index in [0.29, 0.717) is 5.41 Å². The summed E-state index contributed by atoms with van der Waals surface area (Å²) in [7, 11) is 0. The second-order valence-electron chi connectivity index (χ2n) is 7.25. The molecule has 2 fully saturated rings. The van der Waals surface area contributed by atoms with Gasteiger partial charge in [-0.25, -0.2) is 0 Å². The van der Waals surface area contributed by atoms with Gasteiger partial charge < -0.3 is 0 Å². The average Bonchev–Trinajstić information content (AvgIpc) is 2.85. The van der Waals surface area contributed by atoms with Crippen molar-refractivity contribution in [3.63, 3.8) is 0 Å². The van der Waals surface area contributed by atoms with Gasteiger partial charge in [0.15, 0.2) is 0 Å². The van der Waals surface area contributed by atoms with Gasteiger partial charge in [0.25, 0.3) is 0 Å². The molecule has 4 atom stereocenters. The molecule has 2 rings (SSSR count). The number of thiol groups is 1. The van der Waals surface area contributed by atoms with Crippen molar-refractivity contribution < 1.29 is 0 Å². The zero-order valence-corrected chi connectivity index (χ0v) is 12.8. The van der Waals surface area contributed by atoms with Crippen molar-refractivity contribution in [2.45, 2.75) is 65.7 Å². The molecule has 0 saturated heterocycles. The molecule has 2 saturated carbocycles. The van der Waals surface area contributed by atoms with Crippen LogP contribution < -0.4 is 0 Å². The fourth-order valence-electron chi connectivity index (χ4n) is 4.60. The van der Waals surface area contributed by atoms with E-state index in [1.807, 2.05) is 0 Å². The lowest BCUT2D eigenvalue weighted by Crippen LogP contribution is -2.24. The van der Waals surface area contributed by atoms with Crippen molar-refractivity contribution >= 4 is 12.6 Å². The van der Waals surface area contributed by atoms with Crippen LogP contribution in [0.4, 0.5) is 0 Å². The van der Waals surface area contributed by atoms with Crippen LogP contribution in [0.3, 0.4) is 0 Å². The van der Waals surface area contributed by atoms with Crippen molar-refractivity contribution in [1.29, 1.82) is 0 Å². The van der Waals surface area contributed by atoms with Gasteiger partial charge in [-0.15, -0.1) is 0 Å². The minimum absolute atomic E-state index is 0.516. The summed E-state index contributed by atoms with van der Waals surface area (Å²) in [6.45, 7) is 7.27. The van der Waals surface area contributed by atoms with Crippen molar-refractivity contribution in [2.24, 2.45) is 29.1 Å². The summed E-state index contributed by atoms with van der Waals surface area (Å²) in [5.41, 5.74) is 0.516. The molecule has 2 aliphatic rings. The number of fused-ring (bicyclic) bond motifs is 2. The topological polar surface area (TPSA) is 0 Å². The molecule has 0 nitrogen and oxygen atoms in total. The van der Waals surface area contributed by atoms with Gasteiger partial charge >= 0.3 is 0 Å². The Balaban J connectivity index is 1.86. The highest BCUT2D eigenvalue weighted by molar-refractivity contribution is 7.80. The standard InChI is InChI=1S/C16H30S/c1-4-14-12-5-6-13(11-12)15(14)7-8-16(2,3)9-10-17/h12-15,17H,4-11H2,1-3H3. The molecule has 2 aliphatic carbocycles. The van der Waals surface area contributed by atoms with Gasteiger partial charge in [0.05, 0.1) is 0 Å². The summed E-state index contributed by atoms with van der Waals surface area (Å²) in [4.78, 5) is 0. The molecule has 0 spiro atoms. The zero-order chi connectivity index (χ0) is 12.5. The van der Waals surface area contributed by atoms with Crippen LogP contribution in [0.5, 0.6) is 0 Å². The van der Waals surface area contributed by atoms with Crippen LogP contribution in [0.15, 0.2) is 0 Å². The fraction of sp³-hybridized carbons (Fsp3) is 1.00. The Bertz CT molecular complexity index is 246. The molecule has 2 bridgehead atoms. The van der Waals surface area contributed by atoms with Crippen LogP contribution in [0.2, 0.25) is 0 Å². The van der Waals surface area contributed by atoms with Gasteiger partial charge in [0, 0.05) is 0 Å². The molecule has 100 valence electrons. The molecule has 0 aromatic heterocycles. The van der Waals surface area contributed by atoms with Crippen molar-refractivity contribution in [3.8, 4) is 0 Å². The van der Waals surface area contributed by atoms with E-state index >= 15 is 0 Å². The third-order valence-electron chi connectivity index (χ3n) is 5.69. The maximum absolute atomic E-state index is 4.40. The third kappa shape index (κ3) is 3.03. The van der Waals surface area contributed by atoms with Crippen LogP contribution in [-0.2, 0) is 0 Å². The minimum atomic E-state index is 0.516. The molecular formula is C16H30S. The van der Waals surface area contributed by atoms with E-state index in [9.17, 15) is 0 Å². The molecule has 4 unspecified atom stereocenters. The Morgan fingerprint density at radius 1 is 1.06 bits per heavy atom. The van der Waals surface area contributed by atoms with Gasteiger partial charge in [-0.1, -0.05) is 27.2 Å². The third-order valence-corrected chi connectivity index (χ3v) is 5.91. The molecular weight excluding hydrogens is 224 g/mol. The van der Waals surface area contributed by atoms with E-state index in [-0.39, 0.29) is 0 Å². The molecule has 1 heteroatoms. The summed E-state index contributed by atoms with van der Waals surface area (Å²) in [5, 5.41) is 0. The van der Waals surface area contributed by atoms with Crippen LogP contribution in [0.25, 0.3) is 0 Å². The van der Waals surface area contributed by atoms with E-state index in [1.165, 1.54) is 25.7 Å². The van der Waals surface area contributed by atoms with Crippen molar-refractivity contribution in [3.05, 3.63) is 0 Å². The van der Waals surface area contributed by atoms with Gasteiger partial charge in [0.1, 0.15) is 0 Å². The number of hydrogen-bond acceptors (Lipinski definition) is 1. The maximum Gasteiger partial charge on any atom is -0.00928 e. The van der Waals surface area contributed by atoms with Gasteiger partial charge in [-0.05, 0) is 73.4 Å². The van der Waals surface area contributed by atoms with Crippen LogP contribution in [0.1, 0.15) is 65.7 Å². The molecule has 0 heterocycles. The fourth-order valence-corrected chi connectivity index (χ4v) is 5.21. The zero-order valence-electron chi connectivity index (χ0n) is 11.9. The molecule has 17 heavy (non-hydrogen) atoms. The quantitative estimate of drug-likeness (QED) is 0.620. The van der Waals surface area contributed by atoms with Crippen LogP contribution in [-0.4, -0.2) is 5.75 Å². The summed E-state index contributed by atoms with van der Waals surface area (Å²) in [5.74, 6) is 5.37. The van der Waals surface area contributed by atoms with E-state index in [2.05, 4.69) is 33.4 Å². The Kier molecular flexibility index (Phi) is 4.50. The lowest BCUT2D eigenvalue weighted by molar-refractivity contribution is 0.173. The lowest BCUT2D eigenvalue weighted by Gasteiger charge is -2.33. The summed E-state index contributed by atoms with van der Waals surface area (Å²) < 4.78 is 0. The summed E-state index contributed by atoms with van der Waals surface area (Å²) >= 11 is 4.40. The van der Waals surface area contributed by atoms with Crippen LogP contribution in [0, 0.1) is 29.1 Å². The Morgan fingerprint density at radius 3 is 2.29 bits per heavy atom. The SMILES string of the molecule is CCC1C2CCC(C2)C1CCC(C)(C)CCS. The monoisotopic (exact) mass is 254 g/mol. The van der Waals surface area contributed by atoms with E-state index in [1.54, 1.807) is 19.3 Å². The maximum atomic E-state index is 4.40. The van der Waals surface area contributed by atoms with Gasteiger partial charge in [0.2, 0.25) is 0 Å². The Morgan fingerprint density at radius 2 is 1.71 bits per heavy atom. The van der Waals surface area contributed by atoms with E-state index in [0.717, 1.165) is 29.4 Å². The molecule has 0 radical (unpaired) electrons. The summed E-state index contributed by atoms with van der Waals surface area (Å²) in [6.07, 6.45) is 10.2. The Labute approximate surface area is 113 Å². The minimum Gasteiger partial charge on any atom is -0.179 e.